The van der Waals surface area contributed by atoms with Gasteiger partial charge in [-0.25, -0.2) is 4.98 Å². The maximum absolute atomic E-state index is 6.18. The number of aryl methyl sites for hydroxylation is 1. The van der Waals surface area contributed by atoms with Crippen LogP contribution in [0.15, 0.2) is 12.4 Å². The lowest BCUT2D eigenvalue weighted by Gasteiger charge is -2.27. The normalized spacial score (nSPS) is 21.0. The first-order valence-electron chi connectivity index (χ1n) is 5.09. The molecule has 4 nitrogen and oxygen atoms in total. The van der Waals surface area contributed by atoms with E-state index >= 15 is 0 Å². The number of nitrogens with two attached hydrogens (primary N) is 1. The molecule has 1 saturated heterocycles. The Morgan fingerprint density at radius 1 is 1.57 bits per heavy atom. The summed E-state index contributed by atoms with van der Waals surface area (Å²) in [6.07, 6.45) is 5.84. The van der Waals surface area contributed by atoms with Crippen molar-refractivity contribution in [1.29, 1.82) is 0 Å². The molecule has 1 fully saturated rings. The summed E-state index contributed by atoms with van der Waals surface area (Å²) < 4.78 is 7.31. The molecule has 2 N–H and O–H groups in total. The largest absolute Gasteiger partial charge is 0.381 e. The molecule has 1 atom stereocenters. The zero-order valence-corrected chi connectivity index (χ0v) is 8.52. The van der Waals surface area contributed by atoms with Crippen molar-refractivity contribution >= 4 is 0 Å². The lowest BCUT2D eigenvalue weighted by atomic mass is 9.92. The van der Waals surface area contributed by atoms with Gasteiger partial charge in [-0.2, -0.15) is 0 Å². The Bertz CT molecular complexity index is 291. The fourth-order valence-electron chi connectivity index (χ4n) is 1.98. The minimum absolute atomic E-state index is 0.0545. The van der Waals surface area contributed by atoms with Crippen LogP contribution < -0.4 is 5.73 Å². The van der Waals surface area contributed by atoms with Gasteiger partial charge in [-0.15, -0.1) is 0 Å². The summed E-state index contributed by atoms with van der Waals surface area (Å²) in [6, 6.07) is 0.0545. The first-order valence-corrected chi connectivity index (χ1v) is 5.09. The standard InChI is InChI=1S/C10H17N3O/c1-13-5-4-12-10(13)9(11)8-2-6-14-7-3-8/h4-5,8-9H,2-3,6-7,11H2,1H3/t9-/m0/s1. The molecular weight excluding hydrogens is 178 g/mol. The molecular formula is C10H17N3O. The quantitative estimate of drug-likeness (QED) is 0.761. The SMILES string of the molecule is Cn1ccnc1[C@@H](N)C1CCOCC1. The number of rotatable bonds is 2. The molecule has 14 heavy (non-hydrogen) atoms. The first kappa shape index (κ1) is 9.68. The van der Waals surface area contributed by atoms with Gasteiger partial charge in [-0.1, -0.05) is 0 Å². The summed E-state index contributed by atoms with van der Waals surface area (Å²) in [6.45, 7) is 1.67. The van der Waals surface area contributed by atoms with Gasteiger partial charge in [0.15, 0.2) is 0 Å². The van der Waals surface area contributed by atoms with Gasteiger partial charge in [0.25, 0.3) is 0 Å². The van der Waals surface area contributed by atoms with Gasteiger partial charge in [0.2, 0.25) is 0 Å². The molecule has 2 heterocycles. The monoisotopic (exact) mass is 195 g/mol. The highest BCUT2D eigenvalue weighted by Gasteiger charge is 2.24. The van der Waals surface area contributed by atoms with Gasteiger partial charge < -0.3 is 15.0 Å². The Kier molecular flexibility index (Phi) is 2.84. The van der Waals surface area contributed by atoms with Gasteiger partial charge in [0.1, 0.15) is 5.82 Å². The zero-order chi connectivity index (χ0) is 9.97. The van der Waals surface area contributed by atoms with Gasteiger partial charge in [0, 0.05) is 32.7 Å². The van der Waals surface area contributed by atoms with E-state index in [2.05, 4.69) is 4.98 Å². The Hall–Kier alpha value is -0.870. The van der Waals surface area contributed by atoms with Crippen LogP contribution in [0.2, 0.25) is 0 Å². The van der Waals surface area contributed by atoms with E-state index < -0.39 is 0 Å². The third kappa shape index (κ3) is 1.81. The number of aromatic nitrogens is 2. The highest BCUT2D eigenvalue weighted by atomic mass is 16.5. The highest BCUT2D eigenvalue weighted by Crippen LogP contribution is 2.26. The van der Waals surface area contributed by atoms with Crippen LogP contribution in [0.5, 0.6) is 0 Å². The van der Waals surface area contributed by atoms with E-state index in [1.165, 1.54) is 0 Å². The third-order valence-electron chi connectivity index (χ3n) is 2.93. The highest BCUT2D eigenvalue weighted by molar-refractivity contribution is 5.00. The van der Waals surface area contributed by atoms with Crippen LogP contribution >= 0.6 is 0 Å². The lowest BCUT2D eigenvalue weighted by molar-refractivity contribution is 0.0572. The van der Waals surface area contributed by atoms with E-state index in [0.717, 1.165) is 31.9 Å². The minimum atomic E-state index is 0.0545. The van der Waals surface area contributed by atoms with E-state index in [0.29, 0.717) is 5.92 Å². The number of nitrogens with zero attached hydrogens (tertiary/aromatic N) is 2. The van der Waals surface area contributed by atoms with Crippen LogP contribution in [0.4, 0.5) is 0 Å². The van der Waals surface area contributed by atoms with Crippen LogP contribution in [0.3, 0.4) is 0 Å². The van der Waals surface area contributed by atoms with E-state index in [4.69, 9.17) is 10.5 Å². The second kappa shape index (κ2) is 4.11. The Morgan fingerprint density at radius 3 is 2.86 bits per heavy atom. The van der Waals surface area contributed by atoms with Crippen molar-refractivity contribution in [2.24, 2.45) is 18.7 Å². The van der Waals surface area contributed by atoms with Gasteiger partial charge in [-0.05, 0) is 18.8 Å². The Balaban J connectivity index is 2.07. The molecule has 0 aromatic carbocycles. The van der Waals surface area contributed by atoms with Crippen molar-refractivity contribution in [3.63, 3.8) is 0 Å². The summed E-state index contributed by atoms with van der Waals surface area (Å²) in [7, 11) is 1.99. The average molecular weight is 195 g/mol. The topological polar surface area (TPSA) is 53.1 Å². The molecule has 0 spiro atoms. The molecule has 0 unspecified atom stereocenters. The van der Waals surface area contributed by atoms with Crippen molar-refractivity contribution in [3.05, 3.63) is 18.2 Å². The number of hydrogen-bond donors (Lipinski definition) is 1. The zero-order valence-electron chi connectivity index (χ0n) is 8.52. The Morgan fingerprint density at radius 2 is 2.29 bits per heavy atom. The molecule has 1 aromatic heterocycles. The summed E-state index contributed by atoms with van der Waals surface area (Å²) in [5.74, 6) is 1.50. The van der Waals surface area contributed by atoms with Crippen LogP contribution in [0, 0.1) is 5.92 Å². The minimum Gasteiger partial charge on any atom is -0.381 e. The molecule has 2 rings (SSSR count). The van der Waals surface area contributed by atoms with Crippen LogP contribution in [0.25, 0.3) is 0 Å². The molecule has 1 aliphatic rings. The van der Waals surface area contributed by atoms with Crippen molar-refractivity contribution in [1.82, 2.24) is 9.55 Å². The summed E-state index contributed by atoms with van der Waals surface area (Å²) >= 11 is 0. The molecule has 0 amide bonds. The first-order chi connectivity index (χ1) is 6.79. The van der Waals surface area contributed by atoms with Crippen molar-refractivity contribution in [3.8, 4) is 0 Å². The summed E-state index contributed by atoms with van der Waals surface area (Å²) in [5, 5.41) is 0. The second-order valence-electron chi connectivity index (χ2n) is 3.87. The van der Waals surface area contributed by atoms with E-state index in [1.807, 2.05) is 17.8 Å². The molecule has 1 aliphatic heterocycles. The fourth-order valence-corrected chi connectivity index (χ4v) is 1.98. The van der Waals surface area contributed by atoms with Crippen LogP contribution in [-0.4, -0.2) is 22.8 Å². The van der Waals surface area contributed by atoms with E-state index in [-0.39, 0.29) is 6.04 Å². The summed E-state index contributed by atoms with van der Waals surface area (Å²) in [4.78, 5) is 4.29. The van der Waals surface area contributed by atoms with Crippen molar-refractivity contribution in [2.75, 3.05) is 13.2 Å². The molecule has 78 valence electrons. The molecule has 0 radical (unpaired) electrons. The van der Waals surface area contributed by atoms with Gasteiger partial charge in [0.05, 0.1) is 6.04 Å². The maximum Gasteiger partial charge on any atom is 0.125 e. The molecule has 0 saturated carbocycles. The van der Waals surface area contributed by atoms with E-state index in [9.17, 15) is 0 Å². The number of ether oxygens (including phenoxy) is 1. The van der Waals surface area contributed by atoms with Crippen molar-refractivity contribution < 1.29 is 4.74 Å². The smallest absolute Gasteiger partial charge is 0.125 e. The predicted molar refractivity (Wildman–Crippen MR) is 53.7 cm³/mol. The number of imidazole rings is 1. The third-order valence-corrected chi connectivity index (χ3v) is 2.93. The van der Waals surface area contributed by atoms with Crippen LogP contribution in [0.1, 0.15) is 24.7 Å². The lowest BCUT2D eigenvalue weighted by Crippen LogP contribution is -2.29. The maximum atomic E-state index is 6.18. The number of hydrogen-bond acceptors (Lipinski definition) is 3. The second-order valence-corrected chi connectivity index (χ2v) is 3.87. The predicted octanol–water partition coefficient (Wildman–Crippen LogP) is 0.846. The van der Waals surface area contributed by atoms with Gasteiger partial charge >= 0.3 is 0 Å². The molecule has 0 aliphatic carbocycles. The Labute approximate surface area is 84.1 Å². The van der Waals surface area contributed by atoms with Crippen LogP contribution in [-0.2, 0) is 11.8 Å². The average Bonchev–Trinajstić information content (AvgIpc) is 2.65. The fraction of sp³-hybridized carbons (Fsp3) is 0.700. The molecule has 4 heteroatoms. The van der Waals surface area contributed by atoms with Crippen molar-refractivity contribution in [2.45, 2.75) is 18.9 Å². The summed E-state index contributed by atoms with van der Waals surface area (Å²) in [5.41, 5.74) is 6.18. The van der Waals surface area contributed by atoms with Gasteiger partial charge in [-0.3, -0.25) is 0 Å². The molecule has 0 bridgehead atoms. The molecule has 1 aromatic rings. The van der Waals surface area contributed by atoms with E-state index in [1.54, 1.807) is 6.20 Å².